The SMILES string of the molecule is O=C(CC(F)(F)F)N1C=C(c2ccnc3cnc4[nH]ccc4c23)CCC1. The molecule has 1 N–H and O–H groups in total. The Bertz CT molecular complexity index is 1020. The number of carbonyl (C=O) groups is 1. The van der Waals surface area contributed by atoms with Gasteiger partial charge in [-0.15, -0.1) is 0 Å². The number of fused-ring (bicyclic) bond motifs is 3. The van der Waals surface area contributed by atoms with Crippen molar-refractivity contribution >= 4 is 33.4 Å². The second-order valence-corrected chi connectivity index (χ2v) is 6.25. The van der Waals surface area contributed by atoms with Gasteiger partial charge in [0.15, 0.2) is 0 Å². The number of H-pyrrole nitrogens is 1. The molecule has 0 bridgehead atoms. The zero-order valence-electron chi connectivity index (χ0n) is 13.7. The zero-order chi connectivity index (χ0) is 18.3. The summed E-state index contributed by atoms with van der Waals surface area (Å²) in [4.78, 5) is 24.8. The smallest absolute Gasteiger partial charge is 0.346 e. The maximum absolute atomic E-state index is 12.5. The fourth-order valence-corrected chi connectivity index (χ4v) is 3.35. The van der Waals surface area contributed by atoms with E-state index in [1.54, 1.807) is 24.8 Å². The lowest BCUT2D eigenvalue weighted by Gasteiger charge is -2.26. The maximum Gasteiger partial charge on any atom is 0.397 e. The Labute approximate surface area is 146 Å². The van der Waals surface area contributed by atoms with Crippen molar-refractivity contribution in [2.75, 3.05) is 6.54 Å². The van der Waals surface area contributed by atoms with Gasteiger partial charge in [-0.25, -0.2) is 4.98 Å². The average Bonchev–Trinajstić information content (AvgIpc) is 3.09. The Hall–Kier alpha value is -2.90. The molecule has 3 aromatic rings. The highest BCUT2D eigenvalue weighted by Gasteiger charge is 2.33. The summed E-state index contributed by atoms with van der Waals surface area (Å²) >= 11 is 0. The van der Waals surface area contributed by atoms with E-state index in [4.69, 9.17) is 0 Å². The minimum atomic E-state index is -4.51. The van der Waals surface area contributed by atoms with Gasteiger partial charge < -0.3 is 9.88 Å². The molecular formula is C18H15F3N4O. The van der Waals surface area contributed by atoms with Gasteiger partial charge in [0.2, 0.25) is 5.91 Å². The molecule has 0 saturated carbocycles. The fourth-order valence-electron chi connectivity index (χ4n) is 3.35. The summed E-state index contributed by atoms with van der Waals surface area (Å²) in [5.41, 5.74) is 3.11. The van der Waals surface area contributed by atoms with E-state index in [0.29, 0.717) is 30.6 Å². The summed E-state index contributed by atoms with van der Waals surface area (Å²) < 4.78 is 37.6. The number of amides is 1. The Morgan fingerprint density at radius 2 is 2.12 bits per heavy atom. The van der Waals surface area contributed by atoms with E-state index >= 15 is 0 Å². The highest BCUT2D eigenvalue weighted by atomic mass is 19.4. The molecule has 0 aliphatic carbocycles. The maximum atomic E-state index is 12.5. The number of carbonyl (C=O) groups excluding carboxylic acids is 1. The topological polar surface area (TPSA) is 61.9 Å². The Morgan fingerprint density at radius 3 is 2.92 bits per heavy atom. The molecular weight excluding hydrogens is 345 g/mol. The standard InChI is InChI=1S/C18H15F3N4O/c19-18(20,21)8-15(26)25-7-1-2-11(10-25)12-3-5-22-14-9-24-17-13(16(12)14)4-6-23-17/h3-6,9-10H,1-2,7-8H2,(H,23,24). The monoisotopic (exact) mass is 360 g/mol. The number of allylic oxidation sites excluding steroid dienone is 1. The number of aromatic nitrogens is 3. The molecule has 3 aromatic heterocycles. The van der Waals surface area contributed by atoms with E-state index in [2.05, 4.69) is 15.0 Å². The fraction of sp³-hybridized carbons (Fsp3) is 0.278. The van der Waals surface area contributed by atoms with Gasteiger partial charge in [-0.1, -0.05) is 0 Å². The highest BCUT2D eigenvalue weighted by molar-refractivity contribution is 6.08. The number of nitrogens with zero attached hydrogens (tertiary/aromatic N) is 3. The average molecular weight is 360 g/mol. The van der Waals surface area contributed by atoms with Crippen molar-refractivity contribution in [2.45, 2.75) is 25.4 Å². The molecule has 8 heteroatoms. The van der Waals surface area contributed by atoms with Gasteiger partial charge in [-0.3, -0.25) is 9.78 Å². The first-order chi connectivity index (χ1) is 12.4. The molecule has 0 atom stereocenters. The van der Waals surface area contributed by atoms with Crippen molar-refractivity contribution in [1.29, 1.82) is 0 Å². The van der Waals surface area contributed by atoms with Crippen molar-refractivity contribution in [3.05, 3.63) is 42.5 Å². The van der Waals surface area contributed by atoms with Gasteiger partial charge in [0.05, 0.1) is 11.7 Å². The second-order valence-electron chi connectivity index (χ2n) is 6.25. The quantitative estimate of drug-likeness (QED) is 0.751. The molecule has 5 nitrogen and oxygen atoms in total. The molecule has 0 aromatic carbocycles. The van der Waals surface area contributed by atoms with Gasteiger partial charge in [-0.2, -0.15) is 13.2 Å². The normalized spacial score (nSPS) is 15.5. The molecule has 26 heavy (non-hydrogen) atoms. The largest absolute Gasteiger partial charge is 0.397 e. The van der Waals surface area contributed by atoms with E-state index < -0.39 is 18.5 Å². The molecule has 1 aliphatic heterocycles. The number of halogens is 3. The second kappa shape index (κ2) is 6.12. The van der Waals surface area contributed by atoms with Crippen molar-refractivity contribution < 1.29 is 18.0 Å². The number of hydrogen-bond donors (Lipinski definition) is 1. The van der Waals surface area contributed by atoms with E-state index in [0.717, 1.165) is 21.9 Å². The van der Waals surface area contributed by atoms with E-state index in [1.807, 2.05) is 12.1 Å². The van der Waals surface area contributed by atoms with Crippen LogP contribution in [0.4, 0.5) is 13.2 Å². The van der Waals surface area contributed by atoms with Crippen LogP contribution in [0.3, 0.4) is 0 Å². The van der Waals surface area contributed by atoms with Gasteiger partial charge in [0.25, 0.3) is 0 Å². The third-order valence-corrected chi connectivity index (χ3v) is 4.47. The van der Waals surface area contributed by atoms with Crippen LogP contribution in [0.25, 0.3) is 27.5 Å². The molecule has 1 aliphatic rings. The van der Waals surface area contributed by atoms with E-state index in [9.17, 15) is 18.0 Å². The van der Waals surface area contributed by atoms with Crippen molar-refractivity contribution in [2.24, 2.45) is 0 Å². The minimum Gasteiger partial charge on any atom is -0.346 e. The minimum absolute atomic E-state index is 0.294. The van der Waals surface area contributed by atoms with Gasteiger partial charge in [-0.05, 0) is 36.1 Å². The lowest BCUT2D eigenvalue weighted by molar-refractivity contribution is -0.159. The predicted octanol–water partition coefficient (Wildman–Crippen LogP) is 4.03. The van der Waals surface area contributed by atoms with Gasteiger partial charge in [0.1, 0.15) is 12.1 Å². The number of rotatable bonds is 2. The molecule has 0 fully saturated rings. The van der Waals surface area contributed by atoms with Crippen LogP contribution < -0.4 is 0 Å². The summed E-state index contributed by atoms with van der Waals surface area (Å²) in [6.07, 6.45) is 1.98. The van der Waals surface area contributed by atoms with Gasteiger partial charge in [0, 0.05) is 35.9 Å². The van der Waals surface area contributed by atoms with Crippen LogP contribution in [0.2, 0.25) is 0 Å². The number of alkyl halides is 3. The molecule has 134 valence electrons. The molecule has 1 amide bonds. The van der Waals surface area contributed by atoms with E-state index in [-0.39, 0.29) is 0 Å². The van der Waals surface area contributed by atoms with Crippen LogP contribution in [0, 0.1) is 0 Å². The van der Waals surface area contributed by atoms with Crippen molar-refractivity contribution in [3.8, 4) is 0 Å². The van der Waals surface area contributed by atoms with Crippen molar-refractivity contribution in [1.82, 2.24) is 19.9 Å². The zero-order valence-corrected chi connectivity index (χ0v) is 13.7. The van der Waals surface area contributed by atoms with Crippen molar-refractivity contribution in [3.63, 3.8) is 0 Å². The Balaban J connectivity index is 1.79. The molecule has 0 radical (unpaired) electrons. The molecule has 4 heterocycles. The first-order valence-corrected chi connectivity index (χ1v) is 8.20. The predicted molar refractivity (Wildman–Crippen MR) is 91.0 cm³/mol. The molecule has 0 saturated heterocycles. The number of aromatic amines is 1. The summed E-state index contributed by atoms with van der Waals surface area (Å²) in [5.74, 6) is -0.929. The lowest BCUT2D eigenvalue weighted by atomic mass is 9.95. The number of pyridine rings is 2. The van der Waals surface area contributed by atoms with Crippen LogP contribution in [0.1, 0.15) is 24.8 Å². The van der Waals surface area contributed by atoms with Crippen LogP contribution in [-0.2, 0) is 4.79 Å². The first-order valence-electron chi connectivity index (χ1n) is 8.20. The molecule has 0 unspecified atom stereocenters. The summed E-state index contributed by atoms with van der Waals surface area (Å²) in [6, 6.07) is 3.73. The van der Waals surface area contributed by atoms with E-state index in [1.165, 1.54) is 4.90 Å². The lowest BCUT2D eigenvalue weighted by Crippen LogP contribution is -2.32. The third kappa shape index (κ3) is 3.02. The summed E-state index contributed by atoms with van der Waals surface area (Å²) in [5, 5.41) is 1.78. The van der Waals surface area contributed by atoms with Gasteiger partial charge >= 0.3 is 6.18 Å². The number of hydrogen-bond acceptors (Lipinski definition) is 3. The number of nitrogens with one attached hydrogen (secondary N) is 1. The Kier molecular flexibility index (Phi) is 3.90. The summed E-state index contributed by atoms with van der Waals surface area (Å²) in [7, 11) is 0. The molecule has 4 rings (SSSR count). The van der Waals surface area contributed by atoms with Crippen LogP contribution in [0.15, 0.2) is 36.9 Å². The van der Waals surface area contributed by atoms with Crippen LogP contribution in [-0.4, -0.2) is 38.5 Å². The van der Waals surface area contributed by atoms with Crippen LogP contribution in [0.5, 0.6) is 0 Å². The summed E-state index contributed by atoms with van der Waals surface area (Å²) in [6.45, 7) is 0.294. The molecule has 0 spiro atoms. The first kappa shape index (κ1) is 16.6. The van der Waals surface area contributed by atoms with Crippen LogP contribution >= 0.6 is 0 Å². The Morgan fingerprint density at radius 1 is 1.27 bits per heavy atom. The third-order valence-electron chi connectivity index (χ3n) is 4.47. The highest BCUT2D eigenvalue weighted by Crippen LogP contribution is 2.34.